The second-order valence-corrected chi connectivity index (χ2v) is 5.84. The number of likely N-dealkylation sites (N-methyl/N-ethyl adjacent to an activating group) is 1. The van der Waals surface area contributed by atoms with Crippen LogP contribution in [0, 0.1) is 0 Å². The zero-order chi connectivity index (χ0) is 15.1. The third-order valence-corrected chi connectivity index (χ3v) is 4.05. The molecular weight excluding hydrogens is 262 g/mol. The van der Waals surface area contributed by atoms with Gasteiger partial charge in [-0.3, -0.25) is 4.79 Å². The first kappa shape index (κ1) is 15.8. The zero-order valence-electron chi connectivity index (χ0n) is 13.3. The second kappa shape index (κ2) is 8.03. The average molecular weight is 289 g/mol. The maximum Gasteiger partial charge on any atom is 0.220 e. The highest BCUT2D eigenvalue weighted by Gasteiger charge is 2.13. The van der Waals surface area contributed by atoms with Gasteiger partial charge in [0, 0.05) is 44.8 Å². The predicted octanol–water partition coefficient (Wildman–Crippen LogP) is 2.24. The molecule has 21 heavy (non-hydrogen) atoms. The van der Waals surface area contributed by atoms with Gasteiger partial charge in [-0.25, -0.2) is 0 Å². The van der Waals surface area contributed by atoms with Crippen LogP contribution in [-0.2, 0) is 11.3 Å². The number of hydrogen-bond donors (Lipinski definition) is 1. The Hall–Kier alpha value is -1.55. The molecule has 0 radical (unpaired) electrons. The molecule has 0 atom stereocenters. The monoisotopic (exact) mass is 289 g/mol. The summed E-state index contributed by atoms with van der Waals surface area (Å²) in [5.74, 6) is 0.153. The maximum absolute atomic E-state index is 11.6. The van der Waals surface area contributed by atoms with Gasteiger partial charge >= 0.3 is 0 Å². The van der Waals surface area contributed by atoms with Gasteiger partial charge in [0.25, 0.3) is 0 Å². The first-order valence-corrected chi connectivity index (χ1v) is 7.98. The van der Waals surface area contributed by atoms with Crippen molar-refractivity contribution in [3.63, 3.8) is 0 Å². The molecule has 0 unspecified atom stereocenters. The molecule has 1 fully saturated rings. The fraction of sp³-hybridized carbons (Fsp3) is 0.588. The van der Waals surface area contributed by atoms with Crippen LogP contribution < -0.4 is 10.2 Å². The van der Waals surface area contributed by atoms with Gasteiger partial charge < -0.3 is 15.1 Å². The number of nitrogens with one attached hydrogen (secondary N) is 1. The van der Waals surface area contributed by atoms with Crippen LogP contribution in [0.3, 0.4) is 0 Å². The Labute approximate surface area is 128 Å². The number of benzene rings is 1. The minimum Gasteiger partial charge on any atom is -0.369 e. The molecule has 1 saturated heterocycles. The third kappa shape index (κ3) is 5.05. The highest BCUT2D eigenvalue weighted by atomic mass is 16.1. The standard InChI is InChI=1S/C17H27N3O/c1-3-4-5-17(21)18-14-15-6-8-16(9-7-15)20-12-10-19(2)11-13-20/h6-9H,3-5,10-14H2,1-2H3,(H,18,21). The van der Waals surface area contributed by atoms with E-state index in [1.165, 1.54) is 5.69 Å². The summed E-state index contributed by atoms with van der Waals surface area (Å²) in [6.07, 6.45) is 2.66. The molecule has 1 aromatic rings. The summed E-state index contributed by atoms with van der Waals surface area (Å²) in [5, 5.41) is 2.98. The summed E-state index contributed by atoms with van der Waals surface area (Å²) in [6.45, 7) is 7.15. The van der Waals surface area contributed by atoms with Crippen molar-refractivity contribution in [3.8, 4) is 0 Å². The maximum atomic E-state index is 11.6. The summed E-state index contributed by atoms with van der Waals surface area (Å²) < 4.78 is 0. The van der Waals surface area contributed by atoms with Crippen LogP contribution in [0.25, 0.3) is 0 Å². The molecule has 0 saturated carbocycles. The van der Waals surface area contributed by atoms with Gasteiger partial charge in [-0.05, 0) is 31.2 Å². The van der Waals surface area contributed by atoms with Gasteiger partial charge in [-0.2, -0.15) is 0 Å². The molecule has 1 heterocycles. The highest BCUT2D eigenvalue weighted by molar-refractivity contribution is 5.75. The van der Waals surface area contributed by atoms with Crippen molar-refractivity contribution in [1.29, 1.82) is 0 Å². The van der Waals surface area contributed by atoms with E-state index in [2.05, 4.69) is 53.4 Å². The number of unbranched alkanes of at least 4 members (excludes halogenated alkanes) is 1. The quantitative estimate of drug-likeness (QED) is 0.872. The molecule has 4 heteroatoms. The molecular formula is C17H27N3O. The van der Waals surface area contributed by atoms with E-state index in [9.17, 15) is 4.79 Å². The number of nitrogens with zero attached hydrogens (tertiary/aromatic N) is 2. The van der Waals surface area contributed by atoms with Crippen molar-refractivity contribution >= 4 is 11.6 Å². The highest BCUT2D eigenvalue weighted by Crippen LogP contribution is 2.17. The van der Waals surface area contributed by atoms with Crippen LogP contribution in [0.1, 0.15) is 31.7 Å². The van der Waals surface area contributed by atoms with Crippen LogP contribution in [-0.4, -0.2) is 44.0 Å². The van der Waals surface area contributed by atoms with Gasteiger partial charge in [-0.15, -0.1) is 0 Å². The van der Waals surface area contributed by atoms with E-state index in [0.717, 1.165) is 44.6 Å². The van der Waals surface area contributed by atoms with Crippen LogP contribution in [0.5, 0.6) is 0 Å². The molecule has 116 valence electrons. The number of carbonyl (C=O) groups excluding carboxylic acids is 1. The molecule has 1 aliphatic rings. The smallest absolute Gasteiger partial charge is 0.220 e. The Morgan fingerprint density at radius 1 is 1.14 bits per heavy atom. The fourth-order valence-electron chi connectivity index (χ4n) is 2.52. The summed E-state index contributed by atoms with van der Waals surface area (Å²) in [5.41, 5.74) is 2.45. The Kier molecular flexibility index (Phi) is 6.05. The number of rotatable bonds is 6. The van der Waals surface area contributed by atoms with Crippen LogP contribution >= 0.6 is 0 Å². The first-order valence-electron chi connectivity index (χ1n) is 7.98. The molecule has 0 aliphatic carbocycles. The molecule has 0 bridgehead atoms. The Bertz CT molecular complexity index is 436. The van der Waals surface area contributed by atoms with Crippen molar-refractivity contribution in [1.82, 2.24) is 10.2 Å². The molecule has 0 spiro atoms. The van der Waals surface area contributed by atoms with Crippen molar-refractivity contribution in [3.05, 3.63) is 29.8 Å². The van der Waals surface area contributed by atoms with E-state index in [-0.39, 0.29) is 5.91 Å². The van der Waals surface area contributed by atoms with Gasteiger partial charge in [0.1, 0.15) is 0 Å². The lowest BCUT2D eigenvalue weighted by Crippen LogP contribution is -2.44. The minimum atomic E-state index is 0.153. The lowest BCUT2D eigenvalue weighted by Gasteiger charge is -2.34. The normalized spacial score (nSPS) is 16.0. The van der Waals surface area contributed by atoms with Crippen molar-refractivity contribution in [2.45, 2.75) is 32.7 Å². The van der Waals surface area contributed by atoms with Gasteiger partial charge in [0.2, 0.25) is 5.91 Å². The average Bonchev–Trinajstić information content (AvgIpc) is 2.52. The Morgan fingerprint density at radius 3 is 2.43 bits per heavy atom. The lowest BCUT2D eigenvalue weighted by molar-refractivity contribution is -0.121. The fourth-order valence-corrected chi connectivity index (χ4v) is 2.52. The number of hydrogen-bond acceptors (Lipinski definition) is 3. The largest absolute Gasteiger partial charge is 0.369 e. The van der Waals surface area contributed by atoms with E-state index in [1.807, 2.05) is 0 Å². The summed E-state index contributed by atoms with van der Waals surface area (Å²) >= 11 is 0. The van der Waals surface area contributed by atoms with E-state index < -0.39 is 0 Å². The SMILES string of the molecule is CCCCC(=O)NCc1ccc(N2CCN(C)CC2)cc1. The second-order valence-electron chi connectivity index (χ2n) is 5.84. The third-order valence-electron chi connectivity index (χ3n) is 4.05. The van der Waals surface area contributed by atoms with E-state index in [4.69, 9.17) is 0 Å². The Balaban J connectivity index is 1.80. The Morgan fingerprint density at radius 2 is 1.81 bits per heavy atom. The van der Waals surface area contributed by atoms with Crippen LogP contribution in [0.4, 0.5) is 5.69 Å². The molecule has 1 aliphatic heterocycles. The predicted molar refractivity (Wildman–Crippen MR) is 87.5 cm³/mol. The van der Waals surface area contributed by atoms with Crippen LogP contribution in [0.2, 0.25) is 0 Å². The van der Waals surface area contributed by atoms with Gasteiger partial charge in [0.05, 0.1) is 0 Å². The van der Waals surface area contributed by atoms with Gasteiger partial charge in [-0.1, -0.05) is 25.5 Å². The number of amides is 1. The molecule has 4 nitrogen and oxygen atoms in total. The lowest BCUT2D eigenvalue weighted by atomic mass is 10.1. The topological polar surface area (TPSA) is 35.6 Å². The van der Waals surface area contributed by atoms with E-state index in [1.54, 1.807) is 0 Å². The molecule has 2 rings (SSSR count). The summed E-state index contributed by atoms with van der Waals surface area (Å²) in [7, 11) is 2.17. The van der Waals surface area contributed by atoms with Gasteiger partial charge in [0.15, 0.2) is 0 Å². The van der Waals surface area contributed by atoms with Crippen LogP contribution in [0.15, 0.2) is 24.3 Å². The van der Waals surface area contributed by atoms with E-state index >= 15 is 0 Å². The van der Waals surface area contributed by atoms with Crippen molar-refractivity contribution in [2.75, 3.05) is 38.1 Å². The number of carbonyl (C=O) groups is 1. The first-order chi connectivity index (χ1) is 10.2. The summed E-state index contributed by atoms with van der Waals surface area (Å²) in [4.78, 5) is 16.4. The summed E-state index contributed by atoms with van der Waals surface area (Å²) in [6, 6.07) is 8.57. The van der Waals surface area contributed by atoms with Crippen molar-refractivity contribution in [2.24, 2.45) is 0 Å². The molecule has 1 aromatic carbocycles. The van der Waals surface area contributed by atoms with Crippen molar-refractivity contribution < 1.29 is 4.79 Å². The number of anilines is 1. The molecule has 1 N–H and O–H groups in total. The minimum absolute atomic E-state index is 0.153. The number of piperazine rings is 1. The molecule has 1 amide bonds. The molecule has 0 aromatic heterocycles. The zero-order valence-corrected chi connectivity index (χ0v) is 13.3. The van der Waals surface area contributed by atoms with E-state index in [0.29, 0.717) is 13.0 Å².